The summed E-state index contributed by atoms with van der Waals surface area (Å²) >= 11 is 5.76. The second-order valence-corrected chi connectivity index (χ2v) is 4.67. The molecule has 2 rings (SSSR count). The number of benzene rings is 1. The Labute approximate surface area is 99.9 Å². The largest absolute Gasteiger partial charge is 0.506 e. The molecule has 0 radical (unpaired) electrons. The average Bonchev–Trinajstić information content (AvgIpc) is 2.46. The Balaban J connectivity index is 2.34. The van der Waals surface area contributed by atoms with E-state index in [4.69, 9.17) is 21.1 Å². The molecule has 4 heteroatoms. The molecular weight excluding hydrogens is 228 g/mol. The van der Waals surface area contributed by atoms with E-state index in [0.29, 0.717) is 5.02 Å². The maximum Gasteiger partial charge on any atom is 0.192 e. The number of ether oxygens (including phenoxy) is 2. The summed E-state index contributed by atoms with van der Waals surface area (Å²) in [6, 6.07) is 5.01. The second-order valence-electron chi connectivity index (χ2n) is 4.26. The van der Waals surface area contributed by atoms with Crippen molar-refractivity contribution in [3.8, 4) is 5.75 Å². The van der Waals surface area contributed by atoms with Crippen molar-refractivity contribution in [2.45, 2.75) is 38.8 Å². The van der Waals surface area contributed by atoms with Gasteiger partial charge in [-0.3, -0.25) is 0 Å². The van der Waals surface area contributed by atoms with Crippen molar-refractivity contribution in [1.29, 1.82) is 0 Å². The van der Waals surface area contributed by atoms with Crippen LogP contribution in [0.15, 0.2) is 18.2 Å². The molecular formula is C12H15ClO3. The molecule has 1 fully saturated rings. The first kappa shape index (κ1) is 11.7. The van der Waals surface area contributed by atoms with Gasteiger partial charge >= 0.3 is 0 Å². The minimum Gasteiger partial charge on any atom is -0.506 e. The zero-order valence-corrected chi connectivity index (χ0v) is 10.3. The van der Waals surface area contributed by atoms with Crippen molar-refractivity contribution >= 4 is 11.6 Å². The summed E-state index contributed by atoms with van der Waals surface area (Å²) in [5.74, 6) is -0.763. The molecule has 1 aromatic rings. The third-order valence-corrected chi connectivity index (χ3v) is 3.27. The van der Waals surface area contributed by atoms with Gasteiger partial charge in [-0.2, -0.15) is 0 Å². The lowest BCUT2D eigenvalue weighted by atomic mass is 10.1. The Morgan fingerprint density at radius 1 is 1.25 bits per heavy atom. The van der Waals surface area contributed by atoms with Gasteiger partial charge in [-0.25, -0.2) is 0 Å². The summed E-state index contributed by atoms with van der Waals surface area (Å²) in [4.78, 5) is 0. The topological polar surface area (TPSA) is 38.7 Å². The van der Waals surface area contributed by atoms with Gasteiger partial charge < -0.3 is 14.6 Å². The predicted octanol–water partition coefficient (Wildman–Crippen LogP) is 3.04. The monoisotopic (exact) mass is 242 g/mol. The van der Waals surface area contributed by atoms with Crippen molar-refractivity contribution < 1.29 is 14.6 Å². The highest BCUT2D eigenvalue weighted by Gasteiger charge is 2.41. The van der Waals surface area contributed by atoms with Gasteiger partial charge in [-0.1, -0.05) is 17.7 Å². The van der Waals surface area contributed by atoms with Crippen molar-refractivity contribution in [3.63, 3.8) is 0 Å². The number of phenols is 1. The molecule has 0 saturated carbocycles. The summed E-state index contributed by atoms with van der Waals surface area (Å²) in [5, 5.41) is 9.89. The minimum absolute atomic E-state index is 0.0304. The normalized spacial score (nSPS) is 28.2. The Kier molecular flexibility index (Phi) is 2.86. The molecule has 0 aromatic heterocycles. The van der Waals surface area contributed by atoms with Crippen LogP contribution in [0.3, 0.4) is 0 Å². The van der Waals surface area contributed by atoms with Crippen molar-refractivity contribution in [3.05, 3.63) is 28.8 Å². The maximum atomic E-state index is 9.56. The van der Waals surface area contributed by atoms with E-state index in [1.165, 1.54) is 0 Å². The van der Waals surface area contributed by atoms with Crippen LogP contribution in [0.2, 0.25) is 5.02 Å². The van der Waals surface area contributed by atoms with Crippen LogP contribution in [0.1, 0.15) is 26.3 Å². The van der Waals surface area contributed by atoms with Crippen LogP contribution in [-0.4, -0.2) is 17.3 Å². The first-order chi connectivity index (χ1) is 7.42. The highest BCUT2D eigenvalue weighted by atomic mass is 35.5. The third kappa shape index (κ3) is 1.90. The van der Waals surface area contributed by atoms with Gasteiger partial charge in [-0.05, 0) is 32.9 Å². The van der Waals surface area contributed by atoms with E-state index in [9.17, 15) is 5.11 Å². The smallest absolute Gasteiger partial charge is 0.192 e. The average molecular weight is 243 g/mol. The second kappa shape index (κ2) is 3.91. The van der Waals surface area contributed by atoms with E-state index >= 15 is 0 Å². The van der Waals surface area contributed by atoms with Gasteiger partial charge in [0.1, 0.15) is 5.75 Å². The molecule has 1 aromatic carbocycles. The van der Waals surface area contributed by atoms with Crippen LogP contribution in [0.4, 0.5) is 0 Å². The highest BCUT2D eigenvalue weighted by molar-refractivity contribution is 6.32. The molecule has 2 atom stereocenters. The molecule has 3 nitrogen and oxygen atoms in total. The first-order valence-electron chi connectivity index (χ1n) is 5.27. The van der Waals surface area contributed by atoms with Gasteiger partial charge in [0.2, 0.25) is 0 Å². The van der Waals surface area contributed by atoms with Crippen molar-refractivity contribution in [1.82, 2.24) is 0 Å². The minimum atomic E-state index is -0.805. The highest BCUT2D eigenvalue weighted by Crippen LogP contribution is 2.39. The zero-order chi connectivity index (χ0) is 11.9. The summed E-state index contributed by atoms with van der Waals surface area (Å²) in [5.41, 5.74) is 0.769. The molecule has 0 bridgehead atoms. The Bertz CT molecular complexity index is 395. The molecule has 88 valence electrons. The van der Waals surface area contributed by atoms with Crippen LogP contribution in [-0.2, 0) is 15.3 Å². The number of aromatic hydroxyl groups is 1. The Morgan fingerprint density at radius 3 is 2.31 bits per heavy atom. The fraction of sp³-hybridized carbons (Fsp3) is 0.500. The van der Waals surface area contributed by atoms with Gasteiger partial charge in [0.25, 0.3) is 0 Å². The molecule has 1 aliphatic rings. The van der Waals surface area contributed by atoms with E-state index in [1.807, 2.05) is 20.8 Å². The summed E-state index contributed by atoms with van der Waals surface area (Å²) < 4.78 is 11.5. The van der Waals surface area contributed by atoms with E-state index in [-0.39, 0.29) is 18.0 Å². The van der Waals surface area contributed by atoms with E-state index in [0.717, 1.165) is 5.56 Å². The van der Waals surface area contributed by atoms with Crippen molar-refractivity contribution in [2.75, 3.05) is 0 Å². The Morgan fingerprint density at radius 2 is 1.81 bits per heavy atom. The molecule has 16 heavy (non-hydrogen) atoms. The number of rotatable bonds is 1. The summed E-state index contributed by atoms with van der Waals surface area (Å²) in [7, 11) is 0. The van der Waals surface area contributed by atoms with Crippen LogP contribution < -0.4 is 0 Å². The zero-order valence-electron chi connectivity index (χ0n) is 9.53. The molecule has 0 unspecified atom stereocenters. The molecule has 1 heterocycles. The maximum absolute atomic E-state index is 9.56. The van der Waals surface area contributed by atoms with E-state index in [2.05, 4.69) is 0 Å². The number of hydrogen-bond acceptors (Lipinski definition) is 3. The van der Waals surface area contributed by atoms with Crippen LogP contribution in [0.5, 0.6) is 5.75 Å². The fourth-order valence-corrected chi connectivity index (χ4v) is 1.98. The predicted molar refractivity (Wildman–Crippen MR) is 61.6 cm³/mol. The standard InChI is InChI=1S/C12H15ClO3/c1-7-8(2)16-12(3,15-7)9-4-5-10(13)11(14)6-9/h4-8,14H,1-3H3/t7-,8-/m1/s1. The Hall–Kier alpha value is -0.770. The molecule has 0 aliphatic carbocycles. The van der Waals surface area contributed by atoms with Crippen molar-refractivity contribution in [2.24, 2.45) is 0 Å². The van der Waals surface area contributed by atoms with Gasteiger partial charge in [0, 0.05) is 5.56 Å². The lowest BCUT2D eigenvalue weighted by Gasteiger charge is -2.23. The molecule has 1 aliphatic heterocycles. The van der Waals surface area contributed by atoms with Gasteiger partial charge in [0.15, 0.2) is 5.79 Å². The summed E-state index contributed by atoms with van der Waals surface area (Å²) in [6.45, 7) is 5.77. The van der Waals surface area contributed by atoms with Crippen LogP contribution in [0.25, 0.3) is 0 Å². The van der Waals surface area contributed by atoms with Crippen LogP contribution >= 0.6 is 11.6 Å². The fourth-order valence-electron chi connectivity index (χ4n) is 1.86. The number of phenolic OH excluding ortho intramolecular Hbond substituents is 1. The molecule has 1 saturated heterocycles. The molecule has 1 N–H and O–H groups in total. The van der Waals surface area contributed by atoms with Gasteiger partial charge in [-0.15, -0.1) is 0 Å². The van der Waals surface area contributed by atoms with Crippen LogP contribution in [0, 0.1) is 0 Å². The quantitative estimate of drug-likeness (QED) is 0.823. The third-order valence-electron chi connectivity index (χ3n) is 2.95. The lowest BCUT2D eigenvalue weighted by Crippen LogP contribution is -2.23. The lowest BCUT2D eigenvalue weighted by molar-refractivity contribution is -0.167. The first-order valence-corrected chi connectivity index (χ1v) is 5.65. The van der Waals surface area contributed by atoms with Gasteiger partial charge in [0.05, 0.1) is 17.2 Å². The van der Waals surface area contributed by atoms with E-state index < -0.39 is 5.79 Å². The summed E-state index contributed by atoms with van der Waals surface area (Å²) in [6.07, 6.45) is 0.0608. The SMILES string of the molecule is C[C@H]1OC(C)(c2ccc(Cl)c(O)c2)O[C@@H]1C. The van der Waals surface area contributed by atoms with E-state index in [1.54, 1.807) is 18.2 Å². The molecule has 0 spiro atoms. The molecule has 0 amide bonds. The number of hydrogen-bond donors (Lipinski definition) is 1. The number of halogens is 1.